The molecule has 6 nitrogen and oxygen atoms in total. The summed E-state index contributed by atoms with van der Waals surface area (Å²) in [5.41, 5.74) is 0. The molecule has 2 amide bonds. The number of carbonyl (C=O) groups excluding carboxylic acids is 2. The van der Waals surface area contributed by atoms with Crippen LogP contribution >= 0.6 is 0 Å². The fraction of sp³-hybridized carbons (Fsp3) is 0.769. The molecule has 3 unspecified atom stereocenters. The third-order valence-electron chi connectivity index (χ3n) is 4.19. The number of hydrogen-bond donors (Lipinski definition) is 1. The molecule has 0 aromatic heterocycles. The van der Waals surface area contributed by atoms with Gasteiger partial charge in [0.15, 0.2) is 0 Å². The van der Waals surface area contributed by atoms with Crippen LogP contribution in [0.1, 0.15) is 33.1 Å². The molecule has 0 aromatic carbocycles. The molecule has 0 aliphatic carbocycles. The Kier molecular flexibility index (Phi) is 3.89. The summed E-state index contributed by atoms with van der Waals surface area (Å²) in [4.78, 5) is 38.3. The number of imide groups is 1. The molecule has 2 aliphatic heterocycles. The predicted octanol–water partition coefficient (Wildman–Crippen LogP) is 0.319. The highest BCUT2D eigenvalue weighted by atomic mass is 16.4. The van der Waals surface area contributed by atoms with E-state index in [1.54, 1.807) is 0 Å². The summed E-state index contributed by atoms with van der Waals surface area (Å²) in [5, 5.41) is 9.11. The Labute approximate surface area is 112 Å². The first-order chi connectivity index (χ1) is 8.97. The second-order valence-corrected chi connectivity index (χ2v) is 5.32. The molecule has 3 atom stereocenters. The van der Waals surface area contributed by atoms with E-state index in [2.05, 4.69) is 0 Å². The SMILES string of the molecule is CCCN1C(=O)CC(N2CCC(C(=O)O)C2C)C1=O. The van der Waals surface area contributed by atoms with E-state index in [0.29, 0.717) is 19.5 Å². The molecule has 0 saturated carbocycles. The van der Waals surface area contributed by atoms with Gasteiger partial charge in [0, 0.05) is 19.1 Å². The number of carboxylic acids is 1. The Hall–Kier alpha value is -1.43. The number of carbonyl (C=O) groups is 3. The van der Waals surface area contributed by atoms with E-state index in [1.165, 1.54) is 4.90 Å². The Morgan fingerprint density at radius 3 is 2.63 bits per heavy atom. The molecule has 2 heterocycles. The van der Waals surface area contributed by atoms with Crippen LogP contribution in [0.15, 0.2) is 0 Å². The maximum atomic E-state index is 12.2. The summed E-state index contributed by atoms with van der Waals surface area (Å²) >= 11 is 0. The Bertz CT molecular complexity index is 409. The average molecular weight is 268 g/mol. The van der Waals surface area contributed by atoms with Crippen LogP contribution in [0.3, 0.4) is 0 Å². The third kappa shape index (κ3) is 2.36. The minimum absolute atomic E-state index is 0.136. The Balaban J connectivity index is 2.10. The van der Waals surface area contributed by atoms with Gasteiger partial charge in [-0.2, -0.15) is 0 Å². The second-order valence-electron chi connectivity index (χ2n) is 5.32. The van der Waals surface area contributed by atoms with E-state index in [4.69, 9.17) is 5.11 Å². The lowest BCUT2D eigenvalue weighted by Gasteiger charge is -2.27. The number of carboxylic acid groups (broad SMARTS) is 1. The maximum Gasteiger partial charge on any atom is 0.308 e. The minimum Gasteiger partial charge on any atom is -0.481 e. The van der Waals surface area contributed by atoms with Gasteiger partial charge in [-0.3, -0.25) is 24.2 Å². The lowest BCUT2D eigenvalue weighted by Crippen LogP contribution is -2.45. The minimum atomic E-state index is -0.822. The van der Waals surface area contributed by atoms with Crippen LogP contribution in [0.5, 0.6) is 0 Å². The molecule has 19 heavy (non-hydrogen) atoms. The van der Waals surface area contributed by atoms with Gasteiger partial charge in [0.05, 0.1) is 18.4 Å². The molecule has 0 bridgehead atoms. The van der Waals surface area contributed by atoms with Gasteiger partial charge in [-0.1, -0.05) is 6.92 Å². The van der Waals surface area contributed by atoms with Gasteiger partial charge in [0.25, 0.3) is 0 Å². The van der Waals surface area contributed by atoms with Crippen molar-refractivity contribution >= 4 is 17.8 Å². The van der Waals surface area contributed by atoms with Crippen molar-refractivity contribution in [3.05, 3.63) is 0 Å². The van der Waals surface area contributed by atoms with Crippen molar-refractivity contribution in [1.29, 1.82) is 0 Å². The largest absolute Gasteiger partial charge is 0.481 e. The summed E-state index contributed by atoms with van der Waals surface area (Å²) in [7, 11) is 0. The second kappa shape index (κ2) is 5.28. The number of amides is 2. The smallest absolute Gasteiger partial charge is 0.308 e. The topological polar surface area (TPSA) is 77.9 Å². The maximum absolute atomic E-state index is 12.2. The van der Waals surface area contributed by atoms with E-state index in [9.17, 15) is 14.4 Å². The van der Waals surface area contributed by atoms with Crippen LogP contribution in [0.2, 0.25) is 0 Å². The fourth-order valence-corrected chi connectivity index (χ4v) is 3.12. The molecule has 0 aromatic rings. The van der Waals surface area contributed by atoms with Crippen molar-refractivity contribution in [2.75, 3.05) is 13.1 Å². The molecule has 2 rings (SSSR count). The van der Waals surface area contributed by atoms with E-state index in [0.717, 1.165) is 6.42 Å². The molecule has 0 spiro atoms. The molecule has 1 N–H and O–H groups in total. The van der Waals surface area contributed by atoms with Crippen LogP contribution in [-0.2, 0) is 14.4 Å². The number of nitrogens with zero attached hydrogens (tertiary/aromatic N) is 2. The summed E-state index contributed by atoms with van der Waals surface area (Å²) in [6.45, 7) is 4.78. The van der Waals surface area contributed by atoms with Crippen LogP contribution in [0.25, 0.3) is 0 Å². The van der Waals surface area contributed by atoms with Gasteiger partial charge in [0.2, 0.25) is 11.8 Å². The standard InChI is InChI=1S/C13H20N2O4/c1-3-5-15-11(16)7-10(12(15)17)14-6-4-9(8(14)2)13(18)19/h8-10H,3-7H2,1-2H3,(H,18,19). The quantitative estimate of drug-likeness (QED) is 0.743. The molecule has 6 heteroatoms. The summed E-state index contributed by atoms with van der Waals surface area (Å²) in [5.74, 6) is -1.56. The van der Waals surface area contributed by atoms with Crippen molar-refractivity contribution in [3.8, 4) is 0 Å². The zero-order valence-electron chi connectivity index (χ0n) is 11.3. The molecule has 2 aliphatic rings. The Morgan fingerprint density at radius 1 is 1.42 bits per heavy atom. The van der Waals surface area contributed by atoms with Gasteiger partial charge in [0.1, 0.15) is 0 Å². The fourth-order valence-electron chi connectivity index (χ4n) is 3.12. The van der Waals surface area contributed by atoms with Crippen molar-refractivity contribution in [1.82, 2.24) is 9.80 Å². The first-order valence-electron chi connectivity index (χ1n) is 6.80. The predicted molar refractivity (Wildman–Crippen MR) is 67.3 cm³/mol. The van der Waals surface area contributed by atoms with Gasteiger partial charge >= 0.3 is 5.97 Å². The van der Waals surface area contributed by atoms with E-state index in [-0.39, 0.29) is 24.3 Å². The third-order valence-corrected chi connectivity index (χ3v) is 4.19. The van der Waals surface area contributed by atoms with Crippen molar-refractivity contribution < 1.29 is 19.5 Å². The molecule has 0 radical (unpaired) electrons. The van der Waals surface area contributed by atoms with E-state index in [1.807, 2.05) is 18.7 Å². The molecular weight excluding hydrogens is 248 g/mol. The van der Waals surface area contributed by atoms with Crippen molar-refractivity contribution in [2.45, 2.75) is 45.2 Å². The van der Waals surface area contributed by atoms with Crippen LogP contribution in [0, 0.1) is 5.92 Å². The average Bonchev–Trinajstić information content (AvgIpc) is 2.84. The van der Waals surface area contributed by atoms with Crippen LogP contribution < -0.4 is 0 Å². The van der Waals surface area contributed by atoms with E-state index < -0.39 is 17.9 Å². The molecule has 2 fully saturated rings. The zero-order chi connectivity index (χ0) is 14.2. The number of aliphatic carboxylic acids is 1. The van der Waals surface area contributed by atoms with Gasteiger partial charge in [-0.05, 0) is 19.8 Å². The van der Waals surface area contributed by atoms with Crippen molar-refractivity contribution in [2.24, 2.45) is 5.92 Å². The lowest BCUT2D eigenvalue weighted by molar-refractivity contribution is -0.144. The van der Waals surface area contributed by atoms with E-state index >= 15 is 0 Å². The highest BCUT2D eigenvalue weighted by molar-refractivity contribution is 6.05. The first kappa shape index (κ1) is 14.0. The van der Waals surface area contributed by atoms with Crippen LogP contribution in [-0.4, -0.2) is 57.9 Å². The summed E-state index contributed by atoms with van der Waals surface area (Å²) in [6.07, 6.45) is 1.48. The highest BCUT2D eigenvalue weighted by Gasteiger charge is 2.47. The highest BCUT2D eigenvalue weighted by Crippen LogP contribution is 2.30. The van der Waals surface area contributed by atoms with Gasteiger partial charge < -0.3 is 5.11 Å². The van der Waals surface area contributed by atoms with Crippen molar-refractivity contribution in [3.63, 3.8) is 0 Å². The number of rotatable bonds is 4. The first-order valence-corrected chi connectivity index (χ1v) is 6.80. The monoisotopic (exact) mass is 268 g/mol. The zero-order valence-corrected chi connectivity index (χ0v) is 11.3. The Morgan fingerprint density at radius 2 is 2.11 bits per heavy atom. The van der Waals surface area contributed by atoms with Gasteiger partial charge in [-0.15, -0.1) is 0 Å². The summed E-state index contributed by atoms with van der Waals surface area (Å²) < 4.78 is 0. The summed E-state index contributed by atoms with van der Waals surface area (Å²) in [6, 6.07) is -0.653. The lowest BCUT2D eigenvalue weighted by atomic mass is 10.0. The number of likely N-dealkylation sites (tertiary alicyclic amines) is 2. The van der Waals surface area contributed by atoms with Gasteiger partial charge in [-0.25, -0.2) is 0 Å². The molecule has 2 saturated heterocycles. The molecular formula is C13H20N2O4. The van der Waals surface area contributed by atoms with Crippen LogP contribution in [0.4, 0.5) is 0 Å². The normalized spacial score (nSPS) is 32.3. The number of hydrogen-bond acceptors (Lipinski definition) is 4. The molecule has 106 valence electrons.